The molecule has 1 atom stereocenters. The molecule has 5 rings (SSSR count). The van der Waals surface area contributed by atoms with Gasteiger partial charge in [-0.3, -0.25) is 9.69 Å². The minimum absolute atomic E-state index is 0.208. The van der Waals surface area contributed by atoms with Gasteiger partial charge in [0.2, 0.25) is 5.91 Å². The topological polar surface area (TPSA) is 49.8 Å². The summed E-state index contributed by atoms with van der Waals surface area (Å²) in [6.45, 7) is 0. The highest BCUT2D eigenvalue weighted by molar-refractivity contribution is 6.08. The molecule has 1 N–H and O–H groups in total. The van der Waals surface area contributed by atoms with E-state index in [2.05, 4.69) is 4.74 Å². The molecule has 0 aliphatic carbocycles. The maximum Gasteiger partial charge on any atom is 0.573 e. The number of hydrogen-bond donors (Lipinski definition) is 1. The first-order valence-electron chi connectivity index (χ1n) is 10.9. The summed E-state index contributed by atoms with van der Waals surface area (Å²) in [5.41, 5.74) is 3.35. The molecule has 4 aromatic carbocycles. The highest BCUT2D eigenvalue weighted by Crippen LogP contribution is 2.48. The van der Waals surface area contributed by atoms with E-state index in [0.717, 1.165) is 23.3 Å². The number of amides is 1. The average molecular weight is 475 g/mol. The Morgan fingerprint density at radius 2 is 1.34 bits per heavy atom. The van der Waals surface area contributed by atoms with Crippen molar-refractivity contribution in [3.8, 4) is 11.5 Å². The van der Waals surface area contributed by atoms with Crippen molar-refractivity contribution >= 4 is 11.6 Å². The number of ether oxygens (including phenoxy) is 1. The first-order valence-corrected chi connectivity index (χ1v) is 10.9. The number of halogens is 3. The Labute approximate surface area is 199 Å². The second kappa shape index (κ2) is 8.83. The van der Waals surface area contributed by atoms with Gasteiger partial charge in [0.05, 0.1) is 12.0 Å². The van der Waals surface area contributed by atoms with Gasteiger partial charge in [-0.25, -0.2) is 0 Å². The quantitative estimate of drug-likeness (QED) is 0.356. The van der Waals surface area contributed by atoms with Crippen LogP contribution < -0.4 is 9.64 Å². The van der Waals surface area contributed by atoms with Crippen LogP contribution in [0.1, 0.15) is 34.2 Å². The predicted molar refractivity (Wildman–Crippen MR) is 125 cm³/mol. The van der Waals surface area contributed by atoms with Gasteiger partial charge < -0.3 is 9.84 Å². The molecule has 0 aromatic heterocycles. The van der Waals surface area contributed by atoms with Crippen molar-refractivity contribution in [1.82, 2.24) is 0 Å². The van der Waals surface area contributed by atoms with Crippen molar-refractivity contribution in [2.24, 2.45) is 0 Å². The van der Waals surface area contributed by atoms with E-state index < -0.39 is 29.8 Å². The van der Waals surface area contributed by atoms with Gasteiger partial charge in [0, 0.05) is 17.3 Å². The van der Waals surface area contributed by atoms with E-state index >= 15 is 0 Å². The molecule has 0 radical (unpaired) electrons. The molecule has 7 heteroatoms. The van der Waals surface area contributed by atoms with E-state index in [1.54, 1.807) is 17.0 Å². The summed E-state index contributed by atoms with van der Waals surface area (Å²) in [4.78, 5) is 15.7. The summed E-state index contributed by atoms with van der Waals surface area (Å²) >= 11 is 0. The van der Waals surface area contributed by atoms with Crippen LogP contribution in [0.2, 0.25) is 0 Å². The molecular formula is C28H20F3NO3. The number of carbonyl (C=O) groups is 1. The number of hydrogen-bond acceptors (Lipinski definition) is 3. The van der Waals surface area contributed by atoms with Gasteiger partial charge in [-0.15, -0.1) is 13.2 Å². The number of fused-ring (bicyclic) bond motifs is 1. The van der Waals surface area contributed by atoms with Crippen LogP contribution in [0.4, 0.5) is 18.9 Å². The number of phenolic OH excluding ortho intramolecular Hbond substituents is 1. The van der Waals surface area contributed by atoms with Crippen LogP contribution in [0.3, 0.4) is 0 Å². The van der Waals surface area contributed by atoms with E-state index in [1.807, 2.05) is 72.8 Å². The van der Waals surface area contributed by atoms with Crippen molar-refractivity contribution in [2.75, 3.05) is 4.90 Å². The highest BCUT2D eigenvalue weighted by atomic mass is 19.4. The third-order valence-corrected chi connectivity index (χ3v) is 6.03. The molecule has 1 unspecified atom stereocenters. The van der Waals surface area contributed by atoms with E-state index in [0.29, 0.717) is 11.3 Å². The zero-order valence-corrected chi connectivity index (χ0v) is 18.3. The lowest BCUT2D eigenvalue weighted by Gasteiger charge is -2.30. The van der Waals surface area contributed by atoms with Crippen molar-refractivity contribution in [2.45, 2.75) is 18.3 Å². The number of anilines is 1. The standard InChI is InChI=1S/C28H20F3NO3/c29-28(30,31)35-20-15-16-22(24(33)17-20)25-21-13-7-8-14-23(21)32(27(25)34)26(18-9-3-1-4-10-18)19-11-5-2-6-12-19/h1-17,25-26,33H. The summed E-state index contributed by atoms with van der Waals surface area (Å²) in [5, 5.41) is 10.6. The van der Waals surface area contributed by atoms with Crippen LogP contribution in [0.25, 0.3) is 0 Å². The van der Waals surface area contributed by atoms with Gasteiger partial charge in [-0.05, 0) is 28.8 Å². The molecule has 35 heavy (non-hydrogen) atoms. The van der Waals surface area contributed by atoms with Crippen LogP contribution in [0, 0.1) is 0 Å². The fraction of sp³-hybridized carbons (Fsp3) is 0.107. The zero-order valence-electron chi connectivity index (χ0n) is 18.3. The normalized spacial score (nSPS) is 15.4. The number of rotatable bonds is 5. The van der Waals surface area contributed by atoms with Gasteiger partial charge in [0.25, 0.3) is 0 Å². The third kappa shape index (κ3) is 4.33. The lowest BCUT2D eigenvalue weighted by atomic mass is 9.91. The van der Waals surface area contributed by atoms with E-state index in [4.69, 9.17) is 0 Å². The first kappa shape index (κ1) is 22.5. The lowest BCUT2D eigenvalue weighted by Crippen LogP contribution is -2.34. The number of nitrogens with zero attached hydrogens (tertiary/aromatic N) is 1. The van der Waals surface area contributed by atoms with E-state index in [9.17, 15) is 23.1 Å². The maximum atomic E-state index is 14.0. The lowest BCUT2D eigenvalue weighted by molar-refractivity contribution is -0.274. The molecule has 1 aliphatic rings. The number of phenols is 1. The number of alkyl halides is 3. The highest BCUT2D eigenvalue weighted by Gasteiger charge is 2.43. The molecule has 0 saturated carbocycles. The van der Waals surface area contributed by atoms with Crippen LogP contribution in [-0.4, -0.2) is 17.4 Å². The summed E-state index contributed by atoms with van der Waals surface area (Å²) < 4.78 is 41.8. The fourth-order valence-electron chi connectivity index (χ4n) is 4.63. The van der Waals surface area contributed by atoms with Crippen LogP contribution in [0.15, 0.2) is 103 Å². The SMILES string of the molecule is O=C1C(c2ccc(OC(F)(F)F)cc2O)c2ccccc2N1C(c1ccccc1)c1ccccc1. The van der Waals surface area contributed by atoms with Crippen molar-refractivity contribution in [1.29, 1.82) is 0 Å². The van der Waals surface area contributed by atoms with Gasteiger partial charge in [-0.1, -0.05) is 84.9 Å². The van der Waals surface area contributed by atoms with Crippen molar-refractivity contribution in [3.63, 3.8) is 0 Å². The van der Waals surface area contributed by atoms with Crippen molar-refractivity contribution < 1.29 is 27.8 Å². The second-order valence-electron chi connectivity index (χ2n) is 8.19. The van der Waals surface area contributed by atoms with Gasteiger partial charge >= 0.3 is 6.36 Å². The Bertz CT molecular complexity index is 1320. The van der Waals surface area contributed by atoms with Crippen LogP contribution in [0.5, 0.6) is 11.5 Å². The molecule has 0 spiro atoms. The second-order valence-corrected chi connectivity index (χ2v) is 8.19. The Morgan fingerprint density at radius 3 is 1.91 bits per heavy atom. The molecular weight excluding hydrogens is 455 g/mol. The largest absolute Gasteiger partial charge is 0.573 e. The minimum atomic E-state index is -4.89. The number of benzene rings is 4. The Morgan fingerprint density at radius 1 is 0.771 bits per heavy atom. The fourth-order valence-corrected chi connectivity index (χ4v) is 4.63. The molecule has 4 nitrogen and oxygen atoms in total. The zero-order chi connectivity index (χ0) is 24.6. The summed E-state index contributed by atoms with van der Waals surface area (Å²) in [6, 6.07) is 29.3. The first-order chi connectivity index (χ1) is 16.8. The Hall–Kier alpha value is -4.26. The molecule has 176 valence electrons. The van der Waals surface area contributed by atoms with Gasteiger partial charge in [0.1, 0.15) is 11.5 Å². The Kier molecular flexibility index (Phi) is 5.68. The molecule has 1 heterocycles. The minimum Gasteiger partial charge on any atom is -0.507 e. The summed E-state index contributed by atoms with van der Waals surface area (Å²) in [6.07, 6.45) is -4.89. The number of aromatic hydroxyl groups is 1. The maximum absolute atomic E-state index is 14.0. The number of para-hydroxylation sites is 1. The van der Waals surface area contributed by atoms with E-state index in [-0.39, 0.29) is 11.5 Å². The van der Waals surface area contributed by atoms with Crippen LogP contribution in [-0.2, 0) is 4.79 Å². The molecule has 4 aromatic rings. The summed E-state index contributed by atoms with van der Waals surface area (Å²) in [7, 11) is 0. The third-order valence-electron chi connectivity index (χ3n) is 6.03. The number of carbonyl (C=O) groups excluding carboxylic acids is 1. The monoisotopic (exact) mass is 475 g/mol. The predicted octanol–water partition coefficient (Wildman–Crippen LogP) is 6.56. The molecule has 1 aliphatic heterocycles. The molecule has 0 bridgehead atoms. The average Bonchev–Trinajstić information content (AvgIpc) is 3.12. The smallest absolute Gasteiger partial charge is 0.507 e. The summed E-state index contributed by atoms with van der Waals surface area (Å²) in [5.74, 6) is -2.18. The van der Waals surface area contributed by atoms with Crippen LogP contribution >= 0.6 is 0 Å². The van der Waals surface area contributed by atoms with Gasteiger partial charge in [-0.2, -0.15) is 0 Å². The van der Waals surface area contributed by atoms with Crippen molar-refractivity contribution in [3.05, 3.63) is 125 Å². The van der Waals surface area contributed by atoms with E-state index in [1.165, 1.54) is 6.07 Å². The molecule has 0 saturated heterocycles. The molecule has 1 amide bonds. The molecule has 0 fully saturated rings. The Balaban J connectivity index is 1.62. The van der Waals surface area contributed by atoms with Gasteiger partial charge in [0.15, 0.2) is 0 Å².